The van der Waals surface area contributed by atoms with Crippen LogP contribution < -0.4 is 15.4 Å². The van der Waals surface area contributed by atoms with Gasteiger partial charge in [-0.1, -0.05) is 19.9 Å². The van der Waals surface area contributed by atoms with Crippen molar-refractivity contribution in [2.24, 2.45) is 16.8 Å². The van der Waals surface area contributed by atoms with Gasteiger partial charge in [-0.2, -0.15) is 0 Å². The van der Waals surface area contributed by atoms with E-state index < -0.39 is 0 Å². The number of amides is 1. The Kier molecular flexibility index (Phi) is 10.5. The van der Waals surface area contributed by atoms with E-state index in [0.29, 0.717) is 36.2 Å². The van der Waals surface area contributed by atoms with E-state index in [1.165, 1.54) is 6.42 Å². The third-order valence-electron chi connectivity index (χ3n) is 4.49. The molecule has 1 aromatic carbocycles. The van der Waals surface area contributed by atoms with Gasteiger partial charge in [0.15, 0.2) is 5.96 Å². The molecule has 27 heavy (non-hydrogen) atoms. The molecular formula is C20H33IN4O2. The zero-order valence-corrected chi connectivity index (χ0v) is 19.2. The summed E-state index contributed by atoms with van der Waals surface area (Å²) in [6.45, 7) is 10.6. The number of piperidine rings is 1. The lowest BCUT2D eigenvalue weighted by Gasteiger charge is -2.37. The molecule has 0 saturated carbocycles. The lowest BCUT2D eigenvalue weighted by Crippen LogP contribution is -2.48. The lowest BCUT2D eigenvalue weighted by molar-refractivity contribution is 0.0954. The van der Waals surface area contributed by atoms with Gasteiger partial charge in [0.05, 0.1) is 13.7 Å². The number of carbonyl (C=O) groups excluding carboxylic acids is 1. The van der Waals surface area contributed by atoms with Crippen LogP contribution in [0.15, 0.2) is 29.3 Å². The monoisotopic (exact) mass is 488 g/mol. The molecule has 2 rings (SSSR count). The van der Waals surface area contributed by atoms with E-state index in [9.17, 15) is 4.79 Å². The zero-order valence-electron chi connectivity index (χ0n) is 16.8. The summed E-state index contributed by atoms with van der Waals surface area (Å²) < 4.78 is 5.16. The molecule has 2 unspecified atom stereocenters. The van der Waals surface area contributed by atoms with Crippen LogP contribution in [0.2, 0.25) is 0 Å². The fourth-order valence-electron chi connectivity index (χ4n) is 3.46. The van der Waals surface area contributed by atoms with Crippen molar-refractivity contribution < 1.29 is 9.53 Å². The molecule has 1 aliphatic heterocycles. The Hall–Kier alpha value is -1.51. The van der Waals surface area contributed by atoms with Gasteiger partial charge in [-0.25, -0.2) is 0 Å². The molecule has 0 bridgehead atoms. The normalized spacial score (nSPS) is 19.9. The minimum absolute atomic E-state index is 0. The maximum Gasteiger partial charge on any atom is 0.251 e. The molecule has 7 heteroatoms. The van der Waals surface area contributed by atoms with Gasteiger partial charge in [-0.3, -0.25) is 9.79 Å². The average Bonchev–Trinajstić information content (AvgIpc) is 2.63. The van der Waals surface area contributed by atoms with E-state index in [2.05, 4.69) is 36.3 Å². The number of halogens is 1. The molecule has 1 heterocycles. The van der Waals surface area contributed by atoms with Crippen molar-refractivity contribution in [1.82, 2.24) is 15.5 Å². The van der Waals surface area contributed by atoms with Crippen molar-refractivity contribution in [2.75, 3.05) is 39.8 Å². The first-order chi connectivity index (χ1) is 12.5. The standard InChI is InChI=1S/C20H32N4O2.HI/c1-5-21-20(24-13-15(2)11-16(3)14-24)23-10-9-22-19(25)17-7-6-8-18(12-17)26-4;/h6-8,12,15-16H,5,9-11,13-14H2,1-4H3,(H,21,23)(H,22,25);1H. The van der Waals surface area contributed by atoms with Gasteiger partial charge < -0.3 is 20.3 Å². The molecule has 0 radical (unpaired) electrons. The van der Waals surface area contributed by atoms with Crippen molar-refractivity contribution in [1.29, 1.82) is 0 Å². The summed E-state index contributed by atoms with van der Waals surface area (Å²) >= 11 is 0. The summed E-state index contributed by atoms with van der Waals surface area (Å²) in [5, 5.41) is 6.30. The van der Waals surface area contributed by atoms with Crippen LogP contribution >= 0.6 is 24.0 Å². The van der Waals surface area contributed by atoms with Gasteiger partial charge in [0.25, 0.3) is 5.91 Å². The fourth-order valence-corrected chi connectivity index (χ4v) is 3.46. The number of hydrogen-bond donors (Lipinski definition) is 2. The molecular weight excluding hydrogens is 455 g/mol. The van der Waals surface area contributed by atoms with Crippen LogP contribution in [0, 0.1) is 11.8 Å². The van der Waals surface area contributed by atoms with Gasteiger partial charge in [0, 0.05) is 31.7 Å². The smallest absolute Gasteiger partial charge is 0.251 e. The molecule has 2 N–H and O–H groups in total. The van der Waals surface area contributed by atoms with Crippen LogP contribution in [0.25, 0.3) is 0 Å². The molecule has 1 fully saturated rings. The van der Waals surface area contributed by atoms with E-state index in [0.717, 1.165) is 25.6 Å². The van der Waals surface area contributed by atoms with Crippen molar-refractivity contribution in [3.8, 4) is 5.75 Å². The van der Waals surface area contributed by atoms with Gasteiger partial charge in [0.1, 0.15) is 5.75 Å². The number of guanidine groups is 1. The highest BCUT2D eigenvalue weighted by Gasteiger charge is 2.23. The van der Waals surface area contributed by atoms with Crippen LogP contribution in [-0.4, -0.2) is 56.6 Å². The Bertz CT molecular complexity index is 614. The molecule has 0 spiro atoms. The predicted molar refractivity (Wildman–Crippen MR) is 121 cm³/mol. The average molecular weight is 488 g/mol. The topological polar surface area (TPSA) is 66.0 Å². The van der Waals surface area contributed by atoms with Crippen molar-refractivity contribution in [2.45, 2.75) is 27.2 Å². The number of likely N-dealkylation sites (tertiary alicyclic amines) is 1. The number of methoxy groups -OCH3 is 1. The second-order valence-electron chi connectivity index (χ2n) is 7.07. The van der Waals surface area contributed by atoms with Gasteiger partial charge in [0.2, 0.25) is 0 Å². The predicted octanol–water partition coefficient (Wildman–Crippen LogP) is 2.99. The highest BCUT2D eigenvalue weighted by atomic mass is 127. The van der Waals surface area contributed by atoms with E-state index >= 15 is 0 Å². The Labute approximate surface area is 180 Å². The number of benzene rings is 1. The minimum atomic E-state index is -0.107. The SMILES string of the molecule is CCNC(=NCCNC(=O)c1cccc(OC)c1)N1CC(C)CC(C)C1.I. The molecule has 0 aliphatic carbocycles. The van der Waals surface area contributed by atoms with Crippen LogP contribution in [-0.2, 0) is 0 Å². The van der Waals surface area contributed by atoms with Crippen LogP contribution in [0.4, 0.5) is 0 Å². The lowest BCUT2D eigenvalue weighted by atomic mass is 9.92. The number of nitrogens with one attached hydrogen (secondary N) is 2. The Balaban J connectivity index is 0.00000364. The molecule has 1 aromatic rings. The first kappa shape index (κ1) is 23.5. The number of ether oxygens (including phenoxy) is 1. The van der Waals surface area contributed by atoms with Crippen LogP contribution in [0.5, 0.6) is 5.75 Å². The maximum atomic E-state index is 12.2. The molecule has 1 amide bonds. The van der Waals surface area contributed by atoms with E-state index in [4.69, 9.17) is 9.73 Å². The zero-order chi connectivity index (χ0) is 18.9. The van der Waals surface area contributed by atoms with E-state index in [1.54, 1.807) is 19.2 Å². The molecule has 6 nitrogen and oxygen atoms in total. The summed E-state index contributed by atoms with van der Waals surface area (Å²) in [6, 6.07) is 7.15. The van der Waals surface area contributed by atoms with E-state index in [1.807, 2.05) is 12.1 Å². The van der Waals surface area contributed by atoms with Crippen LogP contribution in [0.1, 0.15) is 37.6 Å². The summed E-state index contributed by atoms with van der Waals surface area (Å²) in [7, 11) is 1.59. The van der Waals surface area contributed by atoms with Gasteiger partial charge in [-0.05, 0) is 43.4 Å². The minimum Gasteiger partial charge on any atom is -0.497 e. The third-order valence-corrected chi connectivity index (χ3v) is 4.49. The van der Waals surface area contributed by atoms with Crippen molar-refractivity contribution in [3.05, 3.63) is 29.8 Å². The fraction of sp³-hybridized carbons (Fsp3) is 0.600. The molecule has 152 valence electrons. The summed E-state index contributed by atoms with van der Waals surface area (Å²) in [6.07, 6.45) is 1.27. The second kappa shape index (κ2) is 12.0. The first-order valence-corrected chi connectivity index (χ1v) is 9.49. The molecule has 2 atom stereocenters. The Morgan fingerprint density at radius 1 is 1.26 bits per heavy atom. The maximum absolute atomic E-state index is 12.2. The quantitative estimate of drug-likeness (QED) is 0.280. The molecule has 1 saturated heterocycles. The van der Waals surface area contributed by atoms with Crippen molar-refractivity contribution >= 4 is 35.8 Å². The van der Waals surface area contributed by atoms with Crippen molar-refractivity contribution in [3.63, 3.8) is 0 Å². The first-order valence-electron chi connectivity index (χ1n) is 9.49. The molecule has 1 aliphatic rings. The number of hydrogen-bond acceptors (Lipinski definition) is 3. The van der Waals surface area contributed by atoms with Gasteiger partial charge >= 0.3 is 0 Å². The number of aliphatic imine (C=N–C) groups is 1. The Morgan fingerprint density at radius 2 is 1.96 bits per heavy atom. The summed E-state index contributed by atoms with van der Waals surface area (Å²) in [5.41, 5.74) is 0.596. The second-order valence-corrected chi connectivity index (χ2v) is 7.07. The van der Waals surface area contributed by atoms with Gasteiger partial charge in [-0.15, -0.1) is 24.0 Å². The summed E-state index contributed by atoms with van der Waals surface area (Å²) in [4.78, 5) is 19.3. The largest absolute Gasteiger partial charge is 0.497 e. The molecule has 0 aromatic heterocycles. The summed E-state index contributed by atoms with van der Waals surface area (Å²) in [5.74, 6) is 2.87. The third kappa shape index (κ3) is 7.56. The number of carbonyl (C=O) groups is 1. The van der Waals surface area contributed by atoms with E-state index in [-0.39, 0.29) is 29.9 Å². The number of nitrogens with zero attached hydrogens (tertiary/aromatic N) is 2. The Morgan fingerprint density at radius 3 is 2.59 bits per heavy atom. The number of rotatable bonds is 6. The van der Waals surface area contributed by atoms with Crippen LogP contribution in [0.3, 0.4) is 0 Å². The highest BCUT2D eigenvalue weighted by molar-refractivity contribution is 14.0. The highest BCUT2D eigenvalue weighted by Crippen LogP contribution is 2.20.